The van der Waals surface area contributed by atoms with Crippen LogP contribution in [0.4, 0.5) is 0 Å². The molecule has 0 spiro atoms. The van der Waals surface area contributed by atoms with Crippen molar-refractivity contribution in [1.29, 1.82) is 0 Å². The highest BCUT2D eigenvalue weighted by Crippen LogP contribution is 2.47. The van der Waals surface area contributed by atoms with Crippen LogP contribution in [-0.4, -0.2) is 98.3 Å². The Morgan fingerprint density at radius 3 is 1.64 bits per heavy atom. The van der Waals surface area contributed by atoms with Gasteiger partial charge in [0.2, 0.25) is 0 Å². The Bertz CT molecular complexity index is 1200. The Labute approximate surface area is 328 Å². The molecule has 0 aliphatic heterocycles. The number of carbonyl (C=O) groups is 2. The zero-order chi connectivity index (χ0) is 40.7. The number of ether oxygens (including phenoxy) is 2. The summed E-state index contributed by atoms with van der Waals surface area (Å²) in [4.78, 5) is 35.5. The fourth-order valence-corrected chi connectivity index (χ4v) is 6.60. The molecule has 1 saturated carbocycles. The van der Waals surface area contributed by atoms with Crippen LogP contribution in [0.25, 0.3) is 0 Å². The standard InChI is InChI=1S/C41H69O13P/c1-3-5-7-9-11-13-15-16-17-18-20-21-23-25-27-29-34(42)51-31-33(53-35(43)30-28-26-24-22-19-14-12-10-8-6-4-2)32-52-55(49,50)54-41-39(47)37(45)36(44)38(46)40(41)48/h5,7,9-13,15-17,33,36-41,44-48H,3-4,6,8,14,18-32H2,1-2H3,(H,49,50)/b7-5+,11-9+,12-10+,15-13+,17-16+/t33-,36?,37-,38?,39?,40?,41?/m1/s1. The number of unbranched alkanes of at least 4 members (excludes halogenated alkanes) is 12. The second kappa shape index (κ2) is 31.6. The lowest BCUT2D eigenvalue weighted by Crippen LogP contribution is -2.64. The van der Waals surface area contributed by atoms with Crippen molar-refractivity contribution < 1.29 is 63.1 Å². The lowest BCUT2D eigenvalue weighted by Gasteiger charge is -2.41. The van der Waals surface area contributed by atoms with Crippen molar-refractivity contribution in [3.8, 4) is 0 Å². The van der Waals surface area contributed by atoms with Gasteiger partial charge in [-0.3, -0.25) is 18.6 Å². The van der Waals surface area contributed by atoms with Crippen LogP contribution in [0, 0.1) is 0 Å². The third-order valence-corrected chi connectivity index (χ3v) is 9.92. The quantitative estimate of drug-likeness (QED) is 0.0144. The van der Waals surface area contributed by atoms with E-state index in [1.54, 1.807) is 0 Å². The molecule has 1 aliphatic carbocycles. The molecule has 0 aromatic carbocycles. The smallest absolute Gasteiger partial charge is 0.462 e. The lowest BCUT2D eigenvalue weighted by molar-refractivity contribution is -0.220. The number of allylic oxidation sites excluding steroid dienone is 10. The van der Waals surface area contributed by atoms with Gasteiger partial charge in [-0.2, -0.15) is 0 Å². The van der Waals surface area contributed by atoms with Gasteiger partial charge in [-0.15, -0.1) is 0 Å². The van der Waals surface area contributed by atoms with Crippen LogP contribution in [0.3, 0.4) is 0 Å². The molecule has 1 fully saturated rings. The SMILES string of the molecule is CC/C=C/C=C/C=C/C=C/CCCCCCCC(=O)OC[C@H](COP(=O)(O)OC1C(O)C(O)C(O)[C@@H](O)C1O)OC(=O)CCCCCCC/C=C/CCCC. The second-order valence-electron chi connectivity index (χ2n) is 13.8. The normalized spacial score (nSPS) is 23.7. The molecule has 55 heavy (non-hydrogen) atoms. The topological polar surface area (TPSA) is 210 Å². The van der Waals surface area contributed by atoms with Gasteiger partial charge >= 0.3 is 19.8 Å². The Balaban J connectivity index is 2.55. The first kappa shape index (κ1) is 50.6. The number of hydrogen-bond acceptors (Lipinski definition) is 12. The Morgan fingerprint density at radius 1 is 0.582 bits per heavy atom. The number of carbonyl (C=O) groups excluding carboxylic acids is 2. The summed E-state index contributed by atoms with van der Waals surface area (Å²) in [5.41, 5.74) is 0. The molecule has 6 unspecified atom stereocenters. The van der Waals surface area contributed by atoms with Crippen molar-refractivity contribution in [2.24, 2.45) is 0 Å². The Kier molecular flexibility index (Phi) is 29.1. The molecule has 0 aromatic rings. The molecule has 13 nitrogen and oxygen atoms in total. The predicted molar refractivity (Wildman–Crippen MR) is 212 cm³/mol. The summed E-state index contributed by atoms with van der Waals surface area (Å²) in [6.45, 7) is 3.05. The molecule has 14 heteroatoms. The summed E-state index contributed by atoms with van der Waals surface area (Å²) in [5, 5.41) is 50.0. The van der Waals surface area contributed by atoms with Crippen LogP contribution in [0.15, 0.2) is 60.8 Å². The van der Waals surface area contributed by atoms with Gasteiger partial charge in [0.15, 0.2) is 6.10 Å². The van der Waals surface area contributed by atoms with Crippen LogP contribution in [0.5, 0.6) is 0 Å². The van der Waals surface area contributed by atoms with Crippen molar-refractivity contribution >= 4 is 19.8 Å². The van der Waals surface area contributed by atoms with Crippen molar-refractivity contribution in [1.82, 2.24) is 0 Å². The van der Waals surface area contributed by atoms with E-state index in [9.17, 15) is 44.6 Å². The molecule has 0 aromatic heterocycles. The van der Waals surface area contributed by atoms with E-state index in [0.717, 1.165) is 77.0 Å². The monoisotopic (exact) mass is 800 g/mol. The molecule has 0 saturated heterocycles. The van der Waals surface area contributed by atoms with E-state index in [2.05, 4.69) is 38.2 Å². The van der Waals surface area contributed by atoms with Gasteiger partial charge in [-0.1, -0.05) is 126 Å². The fourth-order valence-electron chi connectivity index (χ4n) is 5.63. The van der Waals surface area contributed by atoms with E-state index in [1.807, 2.05) is 36.5 Å². The zero-order valence-electron chi connectivity index (χ0n) is 32.9. The van der Waals surface area contributed by atoms with Crippen molar-refractivity contribution in [2.75, 3.05) is 13.2 Å². The Hall–Kier alpha value is -2.45. The molecular weight excluding hydrogens is 731 g/mol. The minimum Gasteiger partial charge on any atom is -0.462 e. The van der Waals surface area contributed by atoms with E-state index in [4.69, 9.17) is 18.5 Å². The van der Waals surface area contributed by atoms with Crippen LogP contribution in [0.1, 0.15) is 129 Å². The first-order chi connectivity index (χ1) is 26.4. The lowest BCUT2D eigenvalue weighted by atomic mass is 9.85. The first-order valence-corrected chi connectivity index (χ1v) is 21.6. The highest BCUT2D eigenvalue weighted by Gasteiger charge is 2.51. The number of phosphoric ester groups is 1. The van der Waals surface area contributed by atoms with Crippen molar-refractivity contribution in [3.63, 3.8) is 0 Å². The van der Waals surface area contributed by atoms with E-state index in [-0.39, 0.29) is 12.8 Å². The van der Waals surface area contributed by atoms with Crippen molar-refractivity contribution in [3.05, 3.63) is 60.8 Å². The average molecular weight is 801 g/mol. The highest BCUT2D eigenvalue weighted by atomic mass is 31.2. The van der Waals surface area contributed by atoms with Crippen LogP contribution in [0.2, 0.25) is 0 Å². The summed E-state index contributed by atoms with van der Waals surface area (Å²) in [5.74, 6) is -1.15. The summed E-state index contributed by atoms with van der Waals surface area (Å²) in [7, 11) is -5.12. The maximum atomic E-state index is 12.7. The number of phosphoric acid groups is 1. The molecule has 1 rings (SSSR count). The van der Waals surface area contributed by atoms with E-state index in [0.29, 0.717) is 12.8 Å². The number of aliphatic hydroxyl groups is 5. The summed E-state index contributed by atoms with van der Waals surface area (Å²) >= 11 is 0. The number of rotatable bonds is 31. The third-order valence-electron chi connectivity index (χ3n) is 8.94. The number of aliphatic hydroxyl groups excluding tert-OH is 5. The van der Waals surface area contributed by atoms with Gasteiger partial charge in [0.05, 0.1) is 6.61 Å². The summed E-state index contributed by atoms with van der Waals surface area (Å²) < 4.78 is 33.3. The molecule has 1 aliphatic rings. The minimum absolute atomic E-state index is 0.0774. The first-order valence-electron chi connectivity index (χ1n) is 20.1. The van der Waals surface area contributed by atoms with E-state index >= 15 is 0 Å². The molecule has 0 heterocycles. The molecular formula is C41H69O13P. The average Bonchev–Trinajstić information content (AvgIpc) is 3.16. The predicted octanol–water partition coefficient (Wildman–Crippen LogP) is 6.60. The summed E-state index contributed by atoms with van der Waals surface area (Å²) in [6.07, 6.45) is 22.9. The van der Waals surface area contributed by atoms with Gasteiger partial charge in [-0.25, -0.2) is 4.57 Å². The second-order valence-corrected chi connectivity index (χ2v) is 15.2. The fraction of sp³-hybridized carbons (Fsp3) is 0.707. The maximum Gasteiger partial charge on any atom is 0.472 e. The van der Waals surface area contributed by atoms with E-state index in [1.165, 1.54) is 12.8 Å². The summed E-state index contributed by atoms with van der Waals surface area (Å²) in [6, 6.07) is 0. The molecule has 316 valence electrons. The number of hydrogen-bond donors (Lipinski definition) is 6. The molecule has 0 amide bonds. The Morgan fingerprint density at radius 2 is 1.05 bits per heavy atom. The van der Waals surface area contributed by atoms with Gasteiger partial charge in [0.1, 0.15) is 43.2 Å². The molecule has 0 bridgehead atoms. The van der Waals surface area contributed by atoms with Gasteiger partial charge < -0.3 is 39.9 Å². The molecule has 6 N–H and O–H groups in total. The maximum absolute atomic E-state index is 12.7. The van der Waals surface area contributed by atoms with Crippen LogP contribution in [-0.2, 0) is 32.7 Å². The number of esters is 2. The van der Waals surface area contributed by atoms with Crippen molar-refractivity contribution in [2.45, 2.75) is 172 Å². The van der Waals surface area contributed by atoms with Gasteiger partial charge in [0.25, 0.3) is 0 Å². The van der Waals surface area contributed by atoms with Crippen LogP contribution < -0.4 is 0 Å². The van der Waals surface area contributed by atoms with Gasteiger partial charge in [0, 0.05) is 12.8 Å². The largest absolute Gasteiger partial charge is 0.472 e. The molecule has 8 atom stereocenters. The highest BCUT2D eigenvalue weighted by molar-refractivity contribution is 7.47. The molecule has 0 radical (unpaired) electrons. The third kappa shape index (κ3) is 24.7. The van der Waals surface area contributed by atoms with Gasteiger partial charge in [-0.05, 0) is 51.4 Å². The van der Waals surface area contributed by atoms with E-state index < -0.39 is 75.7 Å². The van der Waals surface area contributed by atoms with Crippen LogP contribution >= 0.6 is 7.82 Å². The zero-order valence-corrected chi connectivity index (χ0v) is 33.8. The minimum atomic E-state index is -5.12.